The fourth-order valence-electron chi connectivity index (χ4n) is 2.24. The quantitative estimate of drug-likeness (QED) is 0.655. The molecule has 1 amide bonds. The van der Waals surface area contributed by atoms with E-state index in [1.165, 1.54) is 0 Å². The van der Waals surface area contributed by atoms with Crippen molar-refractivity contribution < 1.29 is 9.90 Å². The number of rotatable bonds is 6. The topological polar surface area (TPSA) is 52.6 Å². The van der Waals surface area contributed by atoms with Crippen LogP contribution in [0.2, 0.25) is 0 Å². The number of carbonyl (C=O) groups excluding carboxylic acids is 1. The maximum absolute atomic E-state index is 11.8. The molecule has 1 rings (SSSR count). The summed E-state index contributed by atoms with van der Waals surface area (Å²) in [6.45, 7) is 5.71. The number of nitrogens with zero attached hydrogens (tertiary/aromatic N) is 1. The van der Waals surface area contributed by atoms with Gasteiger partial charge in [0.2, 0.25) is 5.91 Å². The van der Waals surface area contributed by atoms with E-state index in [1.54, 1.807) is 0 Å². The lowest BCUT2D eigenvalue weighted by Crippen LogP contribution is -2.41. The molecular formula is C12H24N2O2. The molecule has 0 aliphatic carbocycles. The number of hydrogen-bond donors (Lipinski definition) is 2. The van der Waals surface area contributed by atoms with E-state index >= 15 is 0 Å². The largest absolute Gasteiger partial charge is 0.396 e. The Bertz CT molecular complexity index is 207. The highest BCUT2D eigenvalue weighted by atomic mass is 16.3. The number of nitrogens with one attached hydrogen (secondary N) is 1. The second kappa shape index (κ2) is 7.63. The molecule has 1 aliphatic heterocycles. The molecule has 1 unspecified atom stereocenters. The summed E-state index contributed by atoms with van der Waals surface area (Å²) in [7, 11) is 0. The van der Waals surface area contributed by atoms with Crippen LogP contribution in [-0.4, -0.2) is 48.7 Å². The van der Waals surface area contributed by atoms with Gasteiger partial charge in [-0.1, -0.05) is 6.92 Å². The van der Waals surface area contributed by atoms with Crippen LogP contribution in [0.5, 0.6) is 0 Å². The Kier molecular flexibility index (Phi) is 6.42. The number of amides is 1. The lowest BCUT2D eigenvalue weighted by Gasteiger charge is -2.32. The molecule has 0 aromatic carbocycles. The molecule has 0 saturated carbocycles. The minimum Gasteiger partial charge on any atom is -0.396 e. The van der Waals surface area contributed by atoms with Crippen LogP contribution in [0.15, 0.2) is 0 Å². The van der Waals surface area contributed by atoms with Gasteiger partial charge in [-0.3, -0.25) is 4.79 Å². The molecule has 0 aromatic rings. The third kappa shape index (κ3) is 4.49. The first-order valence-electron chi connectivity index (χ1n) is 6.37. The molecule has 0 radical (unpaired) electrons. The summed E-state index contributed by atoms with van der Waals surface area (Å²) in [6.07, 6.45) is 3.66. The molecule has 94 valence electrons. The lowest BCUT2D eigenvalue weighted by atomic mass is 9.95. The van der Waals surface area contributed by atoms with Crippen LogP contribution in [0.1, 0.15) is 32.6 Å². The Labute approximate surface area is 98.0 Å². The van der Waals surface area contributed by atoms with Gasteiger partial charge in [-0.05, 0) is 31.7 Å². The Balaban J connectivity index is 2.26. The second-order valence-electron chi connectivity index (χ2n) is 4.46. The molecule has 0 spiro atoms. The Morgan fingerprint density at radius 2 is 2.38 bits per heavy atom. The molecule has 1 atom stereocenters. The van der Waals surface area contributed by atoms with Crippen LogP contribution < -0.4 is 5.32 Å². The highest BCUT2D eigenvalue weighted by Gasteiger charge is 2.22. The van der Waals surface area contributed by atoms with Crippen molar-refractivity contribution in [3.8, 4) is 0 Å². The first-order valence-corrected chi connectivity index (χ1v) is 6.37. The first kappa shape index (κ1) is 13.5. The predicted molar refractivity (Wildman–Crippen MR) is 64.2 cm³/mol. The van der Waals surface area contributed by atoms with Crippen molar-refractivity contribution in [1.29, 1.82) is 0 Å². The Morgan fingerprint density at radius 3 is 3.06 bits per heavy atom. The van der Waals surface area contributed by atoms with Gasteiger partial charge in [0.05, 0.1) is 0 Å². The Hall–Kier alpha value is -0.610. The average molecular weight is 228 g/mol. The van der Waals surface area contributed by atoms with Crippen LogP contribution in [0.25, 0.3) is 0 Å². The summed E-state index contributed by atoms with van der Waals surface area (Å²) < 4.78 is 0. The molecule has 0 aromatic heterocycles. The summed E-state index contributed by atoms with van der Waals surface area (Å²) in [5.74, 6) is 0.755. The zero-order chi connectivity index (χ0) is 11.8. The molecular weight excluding hydrogens is 204 g/mol. The van der Waals surface area contributed by atoms with E-state index in [-0.39, 0.29) is 12.5 Å². The molecule has 4 heteroatoms. The lowest BCUT2D eigenvalue weighted by molar-refractivity contribution is -0.133. The summed E-state index contributed by atoms with van der Waals surface area (Å²) >= 11 is 0. The third-order valence-corrected chi connectivity index (χ3v) is 3.17. The molecule has 1 fully saturated rings. The molecule has 16 heavy (non-hydrogen) atoms. The molecule has 4 nitrogen and oxygen atoms in total. The highest BCUT2D eigenvalue weighted by molar-refractivity contribution is 5.76. The van der Waals surface area contributed by atoms with E-state index in [0.717, 1.165) is 45.4 Å². The fraction of sp³-hybridized carbons (Fsp3) is 0.917. The van der Waals surface area contributed by atoms with Crippen molar-refractivity contribution in [1.82, 2.24) is 10.2 Å². The van der Waals surface area contributed by atoms with Crippen molar-refractivity contribution in [3.63, 3.8) is 0 Å². The molecule has 2 N–H and O–H groups in total. The first-order chi connectivity index (χ1) is 7.77. The number of piperidine rings is 1. The van der Waals surface area contributed by atoms with Crippen LogP contribution >= 0.6 is 0 Å². The van der Waals surface area contributed by atoms with Gasteiger partial charge in [-0.25, -0.2) is 0 Å². The highest BCUT2D eigenvalue weighted by Crippen LogP contribution is 2.19. The monoisotopic (exact) mass is 228 g/mol. The maximum Gasteiger partial charge on any atom is 0.223 e. The van der Waals surface area contributed by atoms with Gasteiger partial charge in [0.15, 0.2) is 0 Å². The van der Waals surface area contributed by atoms with Crippen molar-refractivity contribution in [2.45, 2.75) is 32.6 Å². The summed E-state index contributed by atoms with van der Waals surface area (Å²) in [5, 5.41) is 12.1. The van der Waals surface area contributed by atoms with Crippen molar-refractivity contribution in [3.05, 3.63) is 0 Å². The number of aliphatic hydroxyl groups excluding tert-OH is 1. The van der Waals surface area contributed by atoms with Gasteiger partial charge in [0.25, 0.3) is 0 Å². The fourth-order valence-corrected chi connectivity index (χ4v) is 2.24. The van der Waals surface area contributed by atoms with E-state index in [2.05, 4.69) is 5.32 Å². The standard InChI is InChI=1S/C12H24N2O2/c1-2-13-7-5-12(16)14-8-3-4-11(10-14)6-9-15/h11,13,15H,2-10H2,1H3. The summed E-state index contributed by atoms with van der Waals surface area (Å²) in [4.78, 5) is 13.8. The van der Waals surface area contributed by atoms with E-state index in [9.17, 15) is 4.79 Å². The van der Waals surface area contributed by atoms with Crippen LogP contribution in [-0.2, 0) is 4.79 Å². The SMILES string of the molecule is CCNCCC(=O)N1CCCC(CCO)C1. The van der Waals surface area contributed by atoms with Gasteiger partial charge >= 0.3 is 0 Å². The number of aliphatic hydroxyl groups is 1. The van der Waals surface area contributed by atoms with Crippen molar-refractivity contribution in [2.75, 3.05) is 32.8 Å². The minimum absolute atomic E-state index is 0.240. The van der Waals surface area contributed by atoms with E-state index in [0.29, 0.717) is 12.3 Å². The summed E-state index contributed by atoms with van der Waals surface area (Å²) in [5.41, 5.74) is 0. The van der Waals surface area contributed by atoms with Gasteiger partial charge in [-0.15, -0.1) is 0 Å². The van der Waals surface area contributed by atoms with E-state index in [1.807, 2.05) is 11.8 Å². The minimum atomic E-state index is 0.240. The number of hydrogen-bond acceptors (Lipinski definition) is 3. The zero-order valence-electron chi connectivity index (χ0n) is 10.2. The van der Waals surface area contributed by atoms with Crippen LogP contribution in [0.4, 0.5) is 0 Å². The number of carbonyl (C=O) groups is 1. The zero-order valence-corrected chi connectivity index (χ0v) is 10.2. The Morgan fingerprint density at radius 1 is 1.56 bits per heavy atom. The van der Waals surface area contributed by atoms with E-state index < -0.39 is 0 Å². The smallest absolute Gasteiger partial charge is 0.223 e. The molecule has 1 heterocycles. The normalized spacial score (nSPS) is 21.1. The van der Waals surface area contributed by atoms with Gasteiger partial charge < -0.3 is 15.3 Å². The molecule has 1 aliphatic rings. The summed E-state index contributed by atoms with van der Waals surface area (Å²) in [6, 6.07) is 0. The van der Waals surface area contributed by atoms with Crippen molar-refractivity contribution in [2.24, 2.45) is 5.92 Å². The van der Waals surface area contributed by atoms with Crippen molar-refractivity contribution >= 4 is 5.91 Å². The van der Waals surface area contributed by atoms with E-state index in [4.69, 9.17) is 5.11 Å². The van der Waals surface area contributed by atoms with Gasteiger partial charge in [-0.2, -0.15) is 0 Å². The number of likely N-dealkylation sites (tertiary alicyclic amines) is 1. The molecule has 1 saturated heterocycles. The maximum atomic E-state index is 11.8. The van der Waals surface area contributed by atoms with Gasteiger partial charge in [0, 0.05) is 32.7 Å². The molecule has 0 bridgehead atoms. The third-order valence-electron chi connectivity index (χ3n) is 3.17. The average Bonchev–Trinajstić information content (AvgIpc) is 2.30. The van der Waals surface area contributed by atoms with Crippen LogP contribution in [0, 0.1) is 5.92 Å². The van der Waals surface area contributed by atoms with Gasteiger partial charge in [0.1, 0.15) is 0 Å². The van der Waals surface area contributed by atoms with Crippen LogP contribution in [0.3, 0.4) is 0 Å². The second-order valence-corrected chi connectivity index (χ2v) is 4.46. The predicted octanol–water partition coefficient (Wildman–Crippen LogP) is 0.607.